The van der Waals surface area contributed by atoms with E-state index in [1.165, 1.54) is 5.56 Å². The molecule has 20 heavy (non-hydrogen) atoms. The van der Waals surface area contributed by atoms with Crippen LogP contribution in [0.15, 0.2) is 24.3 Å². The predicted octanol–water partition coefficient (Wildman–Crippen LogP) is 1.14. The third-order valence-corrected chi connectivity index (χ3v) is 3.85. The van der Waals surface area contributed by atoms with Gasteiger partial charge in [-0.3, -0.25) is 4.90 Å². The van der Waals surface area contributed by atoms with Gasteiger partial charge in [-0.25, -0.2) is 0 Å². The number of thiocarbonyl (C=S) groups is 1. The number of nitrogens with two attached hydrogens (primary N) is 1. The summed E-state index contributed by atoms with van der Waals surface area (Å²) in [4.78, 5) is 5.42. The van der Waals surface area contributed by atoms with E-state index in [1.807, 2.05) is 12.1 Å². The van der Waals surface area contributed by atoms with Gasteiger partial charge < -0.3 is 15.4 Å². The normalized spacial score (nSPS) is 17.1. The van der Waals surface area contributed by atoms with Gasteiger partial charge in [-0.2, -0.15) is 0 Å². The number of benzene rings is 1. The van der Waals surface area contributed by atoms with Crippen molar-refractivity contribution >= 4 is 17.2 Å². The lowest BCUT2D eigenvalue weighted by molar-refractivity contribution is 0.147. The largest absolute Gasteiger partial charge is 0.497 e. The Morgan fingerprint density at radius 2 is 1.75 bits per heavy atom. The van der Waals surface area contributed by atoms with Crippen molar-refractivity contribution in [3.05, 3.63) is 29.8 Å². The highest BCUT2D eigenvalue weighted by molar-refractivity contribution is 7.80. The van der Waals surface area contributed by atoms with E-state index in [-0.39, 0.29) is 0 Å². The maximum Gasteiger partial charge on any atom is 0.118 e. The van der Waals surface area contributed by atoms with E-state index in [0.717, 1.165) is 51.4 Å². The second kappa shape index (κ2) is 7.57. The molecule has 1 heterocycles. The zero-order chi connectivity index (χ0) is 14.4. The smallest absolute Gasteiger partial charge is 0.118 e. The Morgan fingerprint density at radius 3 is 2.30 bits per heavy atom. The maximum atomic E-state index is 5.58. The molecule has 0 atom stereocenters. The molecule has 0 saturated carbocycles. The first-order valence-electron chi connectivity index (χ1n) is 7.03. The van der Waals surface area contributed by atoms with Gasteiger partial charge in [0, 0.05) is 39.3 Å². The molecule has 1 fully saturated rings. The molecule has 0 aliphatic carbocycles. The summed E-state index contributed by atoms with van der Waals surface area (Å²) in [5.74, 6) is 0.917. The summed E-state index contributed by atoms with van der Waals surface area (Å²) in [6, 6.07) is 8.33. The van der Waals surface area contributed by atoms with Crippen LogP contribution in [0.4, 0.5) is 0 Å². The molecule has 0 spiro atoms. The molecule has 0 aromatic heterocycles. The number of hydrogen-bond acceptors (Lipinski definition) is 4. The standard InChI is InChI=1S/C15H23N3OS/c1-19-14-4-2-13(3-5-14)6-7-17-8-10-18(11-9-17)12-15(16)20/h2-5H,6-12H2,1H3,(H2,16,20). The van der Waals surface area contributed by atoms with Crippen LogP contribution in [-0.2, 0) is 6.42 Å². The second-order valence-corrected chi connectivity index (χ2v) is 5.71. The molecule has 5 heteroatoms. The number of nitrogens with zero attached hydrogens (tertiary/aromatic N) is 2. The highest BCUT2D eigenvalue weighted by atomic mass is 32.1. The first-order valence-corrected chi connectivity index (χ1v) is 7.44. The van der Waals surface area contributed by atoms with Crippen molar-refractivity contribution < 1.29 is 4.74 Å². The Balaban J connectivity index is 1.71. The van der Waals surface area contributed by atoms with Crippen molar-refractivity contribution in [1.29, 1.82) is 0 Å². The quantitative estimate of drug-likeness (QED) is 0.797. The van der Waals surface area contributed by atoms with Crippen molar-refractivity contribution in [2.75, 3.05) is 46.4 Å². The lowest BCUT2D eigenvalue weighted by Gasteiger charge is -2.34. The van der Waals surface area contributed by atoms with Gasteiger partial charge in [0.2, 0.25) is 0 Å². The molecule has 1 aromatic rings. The number of ether oxygens (including phenoxy) is 1. The SMILES string of the molecule is COc1ccc(CCN2CCN(CC(N)=S)CC2)cc1. The topological polar surface area (TPSA) is 41.7 Å². The molecular weight excluding hydrogens is 270 g/mol. The van der Waals surface area contributed by atoms with Crippen LogP contribution in [-0.4, -0.2) is 61.2 Å². The van der Waals surface area contributed by atoms with Crippen LogP contribution < -0.4 is 10.5 Å². The zero-order valence-electron chi connectivity index (χ0n) is 12.0. The molecule has 0 bridgehead atoms. The van der Waals surface area contributed by atoms with E-state index in [4.69, 9.17) is 22.7 Å². The van der Waals surface area contributed by atoms with Crippen molar-refractivity contribution in [3.63, 3.8) is 0 Å². The van der Waals surface area contributed by atoms with Crippen LogP contribution in [0.1, 0.15) is 5.56 Å². The van der Waals surface area contributed by atoms with Crippen LogP contribution in [0.25, 0.3) is 0 Å². The van der Waals surface area contributed by atoms with Crippen LogP contribution in [0, 0.1) is 0 Å². The van der Waals surface area contributed by atoms with Gasteiger partial charge in [-0.1, -0.05) is 24.4 Å². The molecule has 0 amide bonds. The summed E-state index contributed by atoms with van der Waals surface area (Å²) in [5, 5.41) is 0. The van der Waals surface area contributed by atoms with Gasteiger partial charge in [-0.05, 0) is 24.1 Å². The monoisotopic (exact) mass is 293 g/mol. The molecule has 2 rings (SSSR count). The fourth-order valence-electron chi connectivity index (χ4n) is 2.47. The van der Waals surface area contributed by atoms with E-state index in [2.05, 4.69) is 21.9 Å². The van der Waals surface area contributed by atoms with E-state index >= 15 is 0 Å². The number of methoxy groups -OCH3 is 1. The average Bonchev–Trinajstić information content (AvgIpc) is 2.46. The molecule has 110 valence electrons. The molecule has 0 radical (unpaired) electrons. The highest BCUT2D eigenvalue weighted by Crippen LogP contribution is 2.12. The zero-order valence-corrected chi connectivity index (χ0v) is 12.9. The van der Waals surface area contributed by atoms with Crippen molar-refractivity contribution in [2.45, 2.75) is 6.42 Å². The Hall–Kier alpha value is -1.17. The molecule has 4 nitrogen and oxygen atoms in total. The molecule has 1 saturated heterocycles. The highest BCUT2D eigenvalue weighted by Gasteiger charge is 2.16. The van der Waals surface area contributed by atoms with Crippen LogP contribution in [0.3, 0.4) is 0 Å². The summed E-state index contributed by atoms with van der Waals surface area (Å²) in [7, 11) is 1.70. The third-order valence-electron chi connectivity index (χ3n) is 3.72. The van der Waals surface area contributed by atoms with Crippen LogP contribution in [0.5, 0.6) is 5.75 Å². The lowest BCUT2D eigenvalue weighted by Crippen LogP contribution is -2.48. The molecule has 2 N–H and O–H groups in total. The molecule has 1 aliphatic heterocycles. The molecule has 1 aromatic carbocycles. The fraction of sp³-hybridized carbons (Fsp3) is 0.533. The van der Waals surface area contributed by atoms with E-state index in [0.29, 0.717) is 4.99 Å². The van der Waals surface area contributed by atoms with E-state index < -0.39 is 0 Å². The van der Waals surface area contributed by atoms with Crippen molar-refractivity contribution in [2.24, 2.45) is 5.73 Å². The Bertz CT molecular complexity index is 427. The Kier molecular flexibility index (Phi) is 5.76. The summed E-state index contributed by atoms with van der Waals surface area (Å²) in [6.07, 6.45) is 1.08. The number of piperazine rings is 1. The number of rotatable bonds is 6. The minimum Gasteiger partial charge on any atom is -0.497 e. The van der Waals surface area contributed by atoms with Crippen molar-refractivity contribution in [3.8, 4) is 5.75 Å². The minimum atomic E-state index is 0.594. The Labute approximate surface area is 126 Å². The second-order valence-electron chi connectivity index (χ2n) is 5.18. The average molecular weight is 293 g/mol. The third kappa shape index (κ3) is 4.74. The van der Waals surface area contributed by atoms with Gasteiger partial charge in [0.05, 0.1) is 12.1 Å². The summed E-state index contributed by atoms with van der Waals surface area (Å²) in [5.41, 5.74) is 6.94. The molecule has 0 unspecified atom stereocenters. The Morgan fingerprint density at radius 1 is 1.15 bits per heavy atom. The maximum absolute atomic E-state index is 5.58. The number of hydrogen-bond donors (Lipinski definition) is 1. The summed E-state index contributed by atoms with van der Waals surface area (Å²) in [6.45, 7) is 6.16. The van der Waals surface area contributed by atoms with Gasteiger partial charge in [0.25, 0.3) is 0 Å². The molecule has 1 aliphatic rings. The summed E-state index contributed by atoms with van der Waals surface area (Å²) >= 11 is 4.95. The van der Waals surface area contributed by atoms with Crippen molar-refractivity contribution in [1.82, 2.24) is 9.80 Å². The van der Waals surface area contributed by atoms with Crippen LogP contribution >= 0.6 is 12.2 Å². The predicted molar refractivity (Wildman–Crippen MR) is 86.4 cm³/mol. The first kappa shape index (κ1) is 15.2. The minimum absolute atomic E-state index is 0.594. The van der Waals surface area contributed by atoms with Gasteiger partial charge in [-0.15, -0.1) is 0 Å². The van der Waals surface area contributed by atoms with Gasteiger partial charge in [0.1, 0.15) is 5.75 Å². The van der Waals surface area contributed by atoms with Crippen LogP contribution in [0.2, 0.25) is 0 Å². The van der Waals surface area contributed by atoms with E-state index in [1.54, 1.807) is 7.11 Å². The fourth-order valence-corrected chi connectivity index (χ4v) is 2.65. The van der Waals surface area contributed by atoms with E-state index in [9.17, 15) is 0 Å². The van der Waals surface area contributed by atoms with Gasteiger partial charge in [0.15, 0.2) is 0 Å². The molecular formula is C15H23N3OS. The first-order chi connectivity index (χ1) is 9.67. The van der Waals surface area contributed by atoms with Gasteiger partial charge >= 0.3 is 0 Å². The summed E-state index contributed by atoms with van der Waals surface area (Å²) < 4.78 is 5.17. The lowest BCUT2D eigenvalue weighted by atomic mass is 10.1.